The molecule has 0 saturated carbocycles. The zero-order valence-corrected chi connectivity index (χ0v) is 15.4. The first-order chi connectivity index (χ1) is 12.4. The fourth-order valence-electron chi connectivity index (χ4n) is 2.64. The van der Waals surface area contributed by atoms with E-state index in [9.17, 15) is 9.59 Å². The molecule has 0 atom stereocenters. The monoisotopic (exact) mass is 359 g/mol. The third-order valence-electron chi connectivity index (χ3n) is 3.78. The molecule has 1 heterocycles. The first-order valence-electron chi connectivity index (χ1n) is 8.67. The highest BCUT2D eigenvalue weighted by Gasteiger charge is 2.16. The summed E-state index contributed by atoms with van der Waals surface area (Å²) in [5.74, 6) is -0.300. The maximum atomic E-state index is 12.5. The molecule has 0 unspecified atom stereocenters. The number of aromatic nitrogens is 2. The molecule has 0 bridgehead atoms. The molecule has 0 saturated heterocycles. The Morgan fingerprint density at radius 2 is 2.12 bits per heavy atom. The molecule has 2 aromatic rings. The molecule has 0 radical (unpaired) electrons. The van der Waals surface area contributed by atoms with E-state index < -0.39 is 12.6 Å². The van der Waals surface area contributed by atoms with Crippen LogP contribution < -0.4 is 10.1 Å². The Balaban J connectivity index is 2.01. The van der Waals surface area contributed by atoms with E-state index in [1.807, 2.05) is 17.7 Å². The quantitative estimate of drug-likeness (QED) is 0.717. The van der Waals surface area contributed by atoms with Crippen LogP contribution in [0.1, 0.15) is 42.4 Å². The number of nitrogens with one attached hydrogen (secondary N) is 1. The Morgan fingerprint density at radius 3 is 2.77 bits per heavy atom. The lowest BCUT2D eigenvalue weighted by Crippen LogP contribution is -2.24. The van der Waals surface area contributed by atoms with Gasteiger partial charge in [0.2, 0.25) is 0 Å². The van der Waals surface area contributed by atoms with Gasteiger partial charge < -0.3 is 15.2 Å². The Labute approximate surface area is 153 Å². The second kappa shape index (κ2) is 9.03. The van der Waals surface area contributed by atoms with Crippen LogP contribution in [-0.4, -0.2) is 33.4 Å². The molecule has 0 aliphatic heterocycles. The molecule has 140 valence electrons. The zero-order chi connectivity index (χ0) is 19.1. The summed E-state index contributed by atoms with van der Waals surface area (Å²) in [6, 6.07) is 7.00. The van der Waals surface area contributed by atoms with Crippen molar-refractivity contribution in [2.75, 3.05) is 6.61 Å². The van der Waals surface area contributed by atoms with Crippen molar-refractivity contribution in [3.63, 3.8) is 0 Å². The number of aliphatic carboxylic acids is 1. The number of benzene rings is 1. The molecule has 0 aliphatic rings. The van der Waals surface area contributed by atoms with Crippen molar-refractivity contribution in [1.29, 1.82) is 0 Å². The van der Waals surface area contributed by atoms with Crippen molar-refractivity contribution >= 4 is 11.9 Å². The Morgan fingerprint density at radius 1 is 1.35 bits per heavy atom. The molecule has 2 rings (SSSR count). The molecule has 0 spiro atoms. The van der Waals surface area contributed by atoms with Gasteiger partial charge in [-0.1, -0.05) is 32.9 Å². The summed E-state index contributed by atoms with van der Waals surface area (Å²) in [4.78, 5) is 23.1. The van der Waals surface area contributed by atoms with Crippen molar-refractivity contribution in [3.05, 3.63) is 47.3 Å². The fourth-order valence-corrected chi connectivity index (χ4v) is 2.64. The number of carbonyl (C=O) groups is 2. The van der Waals surface area contributed by atoms with Gasteiger partial charge in [0.1, 0.15) is 5.75 Å². The van der Waals surface area contributed by atoms with Crippen LogP contribution >= 0.6 is 0 Å². The third kappa shape index (κ3) is 5.34. The highest BCUT2D eigenvalue weighted by Crippen LogP contribution is 2.15. The van der Waals surface area contributed by atoms with Gasteiger partial charge in [-0.2, -0.15) is 5.10 Å². The van der Waals surface area contributed by atoms with Gasteiger partial charge in [0, 0.05) is 13.1 Å². The summed E-state index contributed by atoms with van der Waals surface area (Å²) in [6.45, 7) is 6.93. The van der Waals surface area contributed by atoms with Gasteiger partial charge in [-0.15, -0.1) is 0 Å². The smallest absolute Gasteiger partial charge is 0.341 e. The molecule has 7 heteroatoms. The highest BCUT2D eigenvalue weighted by atomic mass is 16.5. The van der Waals surface area contributed by atoms with E-state index in [2.05, 4.69) is 24.3 Å². The zero-order valence-electron chi connectivity index (χ0n) is 15.4. The fraction of sp³-hybridized carbons (Fsp3) is 0.421. The van der Waals surface area contributed by atoms with E-state index >= 15 is 0 Å². The molecular formula is C19H25N3O4. The first kappa shape index (κ1) is 19.5. The second-order valence-electron chi connectivity index (χ2n) is 6.45. The number of nitrogens with zero attached hydrogens (tertiary/aromatic N) is 2. The van der Waals surface area contributed by atoms with Crippen LogP contribution in [0.5, 0.6) is 5.75 Å². The summed E-state index contributed by atoms with van der Waals surface area (Å²) in [5.41, 5.74) is 2.34. The summed E-state index contributed by atoms with van der Waals surface area (Å²) >= 11 is 0. The van der Waals surface area contributed by atoms with E-state index in [0.29, 0.717) is 23.8 Å². The van der Waals surface area contributed by atoms with Gasteiger partial charge in [0.05, 0.1) is 17.5 Å². The maximum Gasteiger partial charge on any atom is 0.341 e. The van der Waals surface area contributed by atoms with Crippen molar-refractivity contribution in [1.82, 2.24) is 15.1 Å². The Bertz CT molecular complexity index is 768. The molecule has 26 heavy (non-hydrogen) atoms. The summed E-state index contributed by atoms with van der Waals surface area (Å²) < 4.78 is 7.04. The largest absolute Gasteiger partial charge is 0.482 e. The highest BCUT2D eigenvalue weighted by molar-refractivity contribution is 5.95. The number of ether oxygens (including phenoxy) is 1. The number of carboxylic acid groups (broad SMARTS) is 1. The van der Waals surface area contributed by atoms with Gasteiger partial charge in [0.15, 0.2) is 6.61 Å². The van der Waals surface area contributed by atoms with E-state index in [1.165, 1.54) is 0 Å². The lowest BCUT2D eigenvalue weighted by atomic mass is 10.1. The predicted molar refractivity (Wildman–Crippen MR) is 97.2 cm³/mol. The molecule has 7 nitrogen and oxygen atoms in total. The Hall–Kier alpha value is -2.83. The average Bonchev–Trinajstić information content (AvgIpc) is 3.00. The van der Waals surface area contributed by atoms with Crippen molar-refractivity contribution in [2.24, 2.45) is 5.92 Å². The molecule has 1 amide bonds. The number of carbonyl (C=O) groups excluding carboxylic acids is 1. The number of hydrogen-bond donors (Lipinski definition) is 2. The average molecular weight is 359 g/mol. The summed E-state index contributed by atoms with van der Waals surface area (Å²) in [6.07, 6.45) is 2.34. The summed E-state index contributed by atoms with van der Waals surface area (Å²) in [5, 5.41) is 15.9. The van der Waals surface area contributed by atoms with Crippen LogP contribution in [0.25, 0.3) is 0 Å². The second-order valence-corrected chi connectivity index (χ2v) is 6.45. The van der Waals surface area contributed by atoms with Gasteiger partial charge in [0.25, 0.3) is 5.91 Å². The molecule has 1 aromatic heterocycles. The van der Waals surface area contributed by atoms with Crippen LogP contribution in [0.4, 0.5) is 0 Å². The lowest BCUT2D eigenvalue weighted by molar-refractivity contribution is -0.139. The van der Waals surface area contributed by atoms with Crippen LogP contribution in [0.15, 0.2) is 30.5 Å². The minimum Gasteiger partial charge on any atom is -0.482 e. The van der Waals surface area contributed by atoms with Crippen molar-refractivity contribution in [3.8, 4) is 5.75 Å². The van der Waals surface area contributed by atoms with E-state index in [1.54, 1.807) is 24.4 Å². The van der Waals surface area contributed by atoms with Crippen LogP contribution in [0.3, 0.4) is 0 Å². The van der Waals surface area contributed by atoms with Gasteiger partial charge in [-0.25, -0.2) is 4.79 Å². The number of hydrogen-bond acceptors (Lipinski definition) is 4. The van der Waals surface area contributed by atoms with Crippen molar-refractivity contribution in [2.45, 2.75) is 40.3 Å². The first-order valence-corrected chi connectivity index (χ1v) is 8.67. The third-order valence-corrected chi connectivity index (χ3v) is 3.78. The normalized spacial score (nSPS) is 10.8. The molecule has 0 aliphatic carbocycles. The summed E-state index contributed by atoms with van der Waals surface area (Å²) in [7, 11) is 0. The van der Waals surface area contributed by atoms with Crippen LogP contribution in [0.2, 0.25) is 0 Å². The van der Waals surface area contributed by atoms with E-state index in [4.69, 9.17) is 9.84 Å². The lowest BCUT2D eigenvalue weighted by Gasteiger charge is -2.11. The predicted octanol–water partition coefficient (Wildman–Crippen LogP) is 2.49. The maximum absolute atomic E-state index is 12.5. The van der Waals surface area contributed by atoms with Crippen LogP contribution in [0, 0.1) is 5.92 Å². The molecular weight excluding hydrogens is 334 g/mol. The molecule has 1 aromatic carbocycles. The minimum atomic E-state index is -1.03. The minimum absolute atomic E-state index is 0.172. The number of amides is 1. The van der Waals surface area contributed by atoms with Gasteiger partial charge >= 0.3 is 5.97 Å². The van der Waals surface area contributed by atoms with E-state index in [-0.39, 0.29) is 5.91 Å². The molecule has 2 N–H and O–H groups in total. The number of carboxylic acids is 1. The SMILES string of the molecule is CCc1c(C(=O)NCc2cccc(OCC(=O)O)c2)cnn1CC(C)C. The Kier molecular flexibility index (Phi) is 6.77. The van der Waals surface area contributed by atoms with Crippen LogP contribution in [-0.2, 0) is 24.3 Å². The van der Waals surface area contributed by atoms with Gasteiger partial charge in [-0.3, -0.25) is 9.48 Å². The number of rotatable bonds is 9. The standard InChI is InChI=1S/C19H25N3O4/c1-4-17-16(10-21-22(17)11-13(2)3)19(25)20-9-14-6-5-7-15(8-14)26-12-18(23)24/h5-8,10,13H,4,9,11-12H2,1-3H3,(H,20,25)(H,23,24). The van der Waals surface area contributed by atoms with E-state index in [0.717, 1.165) is 24.2 Å². The van der Waals surface area contributed by atoms with Gasteiger partial charge in [-0.05, 0) is 30.0 Å². The van der Waals surface area contributed by atoms with Crippen molar-refractivity contribution < 1.29 is 19.4 Å². The topological polar surface area (TPSA) is 93.4 Å². The molecule has 0 fully saturated rings.